The van der Waals surface area contributed by atoms with Crippen molar-refractivity contribution in [1.82, 2.24) is 9.91 Å². The SMILES string of the molecule is CN1CCC2(CC1)Oc1ccccc1[C@H]1CC(c3ccc(Br)cc3)=NN12. The average molecular weight is 412 g/mol. The number of hydrazone groups is 1. The molecule has 1 atom stereocenters. The molecule has 0 N–H and O–H groups in total. The molecule has 0 radical (unpaired) electrons. The van der Waals surface area contributed by atoms with E-state index >= 15 is 0 Å². The zero-order valence-corrected chi connectivity index (χ0v) is 16.4. The predicted molar refractivity (Wildman–Crippen MR) is 106 cm³/mol. The lowest BCUT2D eigenvalue weighted by Crippen LogP contribution is -2.58. The molecule has 3 aliphatic rings. The Hall–Kier alpha value is -1.85. The van der Waals surface area contributed by atoms with Crippen molar-refractivity contribution in [2.24, 2.45) is 5.10 Å². The molecule has 26 heavy (non-hydrogen) atoms. The minimum Gasteiger partial charge on any atom is -0.466 e. The van der Waals surface area contributed by atoms with Crippen LogP contribution in [0.25, 0.3) is 0 Å². The van der Waals surface area contributed by atoms with Crippen molar-refractivity contribution in [1.29, 1.82) is 0 Å². The van der Waals surface area contributed by atoms with E-state index in [1.807, 2.05) is 0 Å². The van der Waals surface area contributed by atoms with Gasteiger partial charge in [0.2, 0.25) is 5.72 Å². The van der Waals surface area contributed by atoms with E-state index in [9.17, 15) is 0 Å². The third-order valence-corrected chi connectivity index (χ3v) is 6.38. The number of piperidine rings is 1. The van der Waals surface area contributed by atoms with E-state index in [0.29, 0.717) is 0 Å². The van der Waals surface area contributed by atoms with Gasteiger partial charge in [-0.05, 0) is 30.8 Å². The van der Waals surface area contributed by atoms with Gasteiger partial charge < -0.3 is 9.64 Å². The average Bonchev–Trinajstić information content (AvgIpc) is 3.12. The van der Waals surface area contributed by atoms with Crippen LogP contribution >= 0.6 is 15.9 Å². The Morgan fingerprint density at radius 2 is 1.81 bits per heavy atom. The van der Waals surface area contributed by atoms with Gasteiger partial charge in [-0.15, -0.1) is 0 Å². The summed E-state index contributed by atoms with van der Waals surface area (Å²) in [6.07, 6.45) is 2.89. The standard InChI is InChI=1S/C21H22BrN3O/c1-24-12-10-21(11-13-24)25-19(17-4-2-3-5-20(17)26-21)14-18(23-25)15-6-8-16(22)9-7-15/h2-9,19H,10-14H2,1H3/t19-/m1/s1. The number of ether oxygens (including phenoxy) is 1. The van der Waals surface area contributed by atoms with E-state index in [4.69, 9.17) is 9.84 Å². The van der Waals surface area contributed by atoms with Crippen LogP contribution in [0.2, 0.25) is 0 Å². The molecular weight excluding hydrogens is 390 g/mol. The summed E-state index contributed by atoms with van der Waals surface area (Å²) in [6.45, 7) is 2.07. The number of likely N-dealkylation sites (tertiary alicyclic amines) is 1. The van der Waals surface area contributed by atoms with Crippen LogP contribution in [0, 0.1) is 0 Å². The van der Waals surface area contributed by atoms with Gasteiger partial charge in [-0.3, -0.25) is 0 Å². The lowest BCUT2D eigenvalue weighted by Gasteiger charge is -2.50. The smallest absolute Gasteiger partial charge is 0.200 e. The highest BCUT2D eigenvalue weighted by atomic mass is 79.9. The summed E-state index contributed by atoms with van der Waals surface area (Å²) in [7, 11) is 2.18. The normalized spacial score (nSPS) is 24.0. The van der Waals surface area contributed by atoms with Gasteiger partial charge >= 0.3 is 0 Å². The molecular formula is C21H22BrN3O. The fraction of sp³-hybridized carbons (Fsp3) is 0.381. The summed E-state index contributed by atoms with van der Waals surface area (Å²) < 4.78 is 7.71. The maximum absolute atomic E-state index is 6.61. The second-order valence-electron chi connectivity index (χ2n) is 7.51. The van der Waals surface area contributed by atoms with Crippen molar-refractivity contribution in [3.8, 4) is 5.75 Å². The van der Waals surface area contributed by atoms with E-state index in [2.05, 4.69) is 81.4 Å². The maximum Gasteiger partial charge on any atom is 0.200 e. The van der Waals surface area contributed by atoms with Gasteiger partial charge in [0.25, 0.3) is 0 Å². The predicted octanol–water partition coefficient (Wildman–Crippen LogP) is 4.41. The van der Waals surface area contributed by atoms with Crippen molar-refractivity contribution in [2.45, 2.75) is 31.0 Å². The molecule has 0 saturated carbocycles. The molecule has 5 heteroatoms. The first-order valence-corrected chi connectivity index (χ1v) is 10.0. The van der Waals surface area contributed by atoms with Crippen LogP contribution in [0.5, 0.6) is 5.75 Å². The molecule has 2 aromatic rings. The fourth-order valence-electron chi connectivity index (χ4n) is 4.34. The number of para-hydroxylation sites is 1. The summed E-state index contributed by atoms with van der Waals surface area (Å²) in [5, 5.41) is 7.38. The topological polar surface area (TPSA) is 28.1 Å². The van der Waals surface area contributed by atoms with Crippen LogP contribution in [-0.4, -0.2) is 41.5 Å². The molecule has 3 heterocycles. The summed E-state index contributed by atoms with van der Waals surface area (Å²) in [6, 6.07) is 17.2. The van der Waals surface area contributed by atoms with Gasteiger partial charge in [-0.2, -0.15) is 5.10 Å². The monoisotopic (exact) mass is 411 g/mol. The number of fused-ring (bicyclic) bond motifs is 4. The Morgan fingerprint density at radius 1 is 1.08 bits per heavy atom. The van der Waals surface area contributed by atoms with E-state index in [1.54, 1.807) is 0 Å². The minimum absolute atomic E-state index is 0.266. The van der Waals surface area contributed by atoms with E-state index < -0.39 is 0 Å². The van der Waals surface area contributed by atoms with Crippen molar-refractivity contribution in [2.75, 3.05) is 20.1 Å². The number of hydrogen-bond donors (Lipinski definition) is 0. The number of benzene rings is 2. The van der Waals surface area contributed by atoms with Crippen molar-refractivity contribution in [3.05, 3.63) is 64.1 Å². The highest BCUT2D eigenvalue weighted by molar-refractivity contribution is 9.10. The van der Waals surface area contributed by atoms with Gasteiger partial charge in [0.05, 0.1) is 11.8 Å². The summed E-state index contributed by atoms with van der Waals surface area (Å²) in [5.74, 6) is 1.03. The molecule has 134 valence electrons. The lowest BCUT2D eigenvalue weighted by molar-refractivity contribution is -0.147. The third kappa shape index (κ3) is 2.57. The molecule has 1 fully saturated rings. The van der Waals surface area contributed by atoms with Crippen LogP contribution < -0.4 is 4.74 Å². The number of halogens is 1. The molecule has 3 aliphatic heterocycles. The highest BCUT2D eigenvalue weighted by Crippen LogP contribution is 2.49. The third-order valence-electron chi connectivity index (χ3n) is 5.85. The second-order valence-corrected chi connectivity index (χ2v) is 8.42. The summed E-state index contributed by atoms with van der Waals surface area (Å²) in [4.78, 5) is 2.37. The molecule has 0 aromatic heterocycles. The Balaban J connectivity index is 1.57. The first kappa shape index (κ1) is 16.3. The molecule has 0 aliphatic carbocycles. The Morgan fingerprint density at radius 3 is 2.58 bits per heavy atom. The van der Waals surface area contributed by atoms with Crippen LogP contribution in [0.1, 0.15) is 36.4 Å². The zero-order valence-electron chi connectivity index (χ0n) is 14.9. The first-order chi connectivity index (χ1) is 12.6. The van der Waals surface area contributed by atoms with Gasteiger partial charge in [-0.25, -0.2) is 5.01 Å². The van der Waals surface area contributed by atoms with Crippen molar-refractivity contribution < 1.29 is 4.74 Å². The second kappa shape index (κ2) is 6.10. The van der Waals surface area contributed by atoms with Crippen LogP contribution in [-0.2, 0) is 0 Å². The molecule has 5 rings (SSSR count). The largest absolute Gasteiger partial charge is 0.466 e. The number of hydrogen-bond acceptors (Lipinski definition) is 4. The molecule has 0 unspecified atom stereocenters. The quantitative estimate of drug-likeness (QED) is 0.695. The lowest BCUT2D eigenvalue weighted by atomic mass is 9.91. The van der Waals surface area contributed by atoms with Gasteiger partial charge in [-0.1, -0.05) is 46.3 Å². The van der Waals surface area contributed by atoms with Crippen molar-refractivity contribution in [3.63, 3.8) is 0 Å². The Kier molecular flexibility index (Phi) is 3.83. The molecule has 1 spiro atoms. The van der Waals surface area contributed by atoms with E-state index in [1.165, 1.54) is 11.1 Å². The van der Waals surface area contributed by atoms with E-state index in [-0.39, 0.29) is 11.8 Å². The molecule has 2 aromatic carbocycles. The highest BCUT2D eigenvalue weighted by Gasteiger charge is 2.51. The molecule has 0 bridgehead atoms. The Labute approximate surface area is 162 Å². The summed E-state index contributed by atoms with van der Waals surface area (Å²) in [5.41, 5.74) is 3.29. The van der Waals surface area contributed by atoms with Crippen LogP contribution in [0.4, 0.5) is 0 Å². The van der Waals surface area contributed by atoms with Crippen LogP contribution in [0.15, 0.2) is 58.1 Å². The number of rotatable bonds is 1. The van der Waals surface area contributed by atoms with E-state index in [0.717, 1.165) is 48.3 Å². The minimum atomic E-state index is -0.317. The van der Waals surface area contributed by atoms with Gasteiger partial charge in [0.15, 0.2) is 0 Å². The van der Waals surface area contributed by atoms with Crippen molar-refractivity contribution >= 4 is 21.6 Å². The summed E-state index contributed by atoms with van der Waals surface area (Å²) >= 11 is 3.52. The first-order valence-electron chi connectivity index (χ1n) is 9.24. The van der Waals surface area contributed by atoms with Gasteiger partial charge in [0, 0.05) is 42.4 Å². The van der Waals surface area contributed by atoms with Crippen LogP contribution in [0.3, 0.4) is 0 Å². The fourth-order valence-corrected chi connectivity index (χ4v) is 4.61. The van der Waals surface area contributed by atoms with Gasteiger partial charge in [0.1, 0.15) is 5.75 Å². The molecule has 4 nitrogen and oxygen atoms in total. The number of nitrogens with zero attached hydrogens (tertiary/aromatic N) is 3. The molecule has 1 saturated heterocycles. The maximum atomic E-state index is 6.61. The zero-order chi connectivity index (χ0) is 17.7. The Bertz CT molecular complexity index is 856. The molecule has 0 amide bonds.